The van der Waals surface area contributed by atoms with Crippen molar-refractivity contribution in [1.29, 1.82) is 0 Å². The molecule has 4 nitrogen and oxygen atoms in total. The molecule has 0 bridgehead atoms. The molecule has 140 valence electrons. The van der Waals surface area contributed by atoms with Crippen LogP contribution in [0.3, 0.4) is 0 Å². The van der Waals surface area contributed by atoms with Crippen LogP contribution in [0, 0.1) is 5.82 Å². The number of benzene rings is 1. The van der Waals surface area contributed by atoms with Crippen molar-refractivity contribution in [3.8, 4) is 5.75 Å². The summed E-state index contributed by atoms with van der Waals surface area (Å²) in [6, 6.07) is 8.47. The van der Waals surface area contributed by atoms with Gasteiger partial charge in [-0.3, -0.25) is 4.79 Å². The van der Waals surface area contributed by atoms with Crippen LogP contribution in [-0.4, -0.2) is 36.5 Å². The molecule has 1 aromatic carbocycles. The molecule has 3 rings (SSSR count). The maximum atomic E-state index is 13.8. The van der Waals surface area contributed by atoms with Crippen LogP contribution < -0.4 is 10.5 Å². The van der Waals surface area contributed by atoms with E-state index in [9.17, 15) is 9.18 Å². The minimum atomic E-state index is -0.430. The second-order valence-corrected chi connectivity index (χ2v) is 7.58. The number of carbonyl (C=O) groups is 1. The fourth-order valence-corrected chi connectivity index (χ4v) is 4.18. The first-order chi connectivity index (χ1) is 12.7. The van der Waals surface area contributed by atoms with Crippen molar-refractivity contribution in [2.75, 3.05) is 19.7 Å². The summed E-state index contributed by atoms with van der Waals surface area (Å²) < 4.78 is 19.3. The standard InChI is InChI=1S/C20H25FN2O2S/c21-15-6-9-19(25-12-10-22)18(14-15)20(24)23-11-2-1-4-16(23)7-8-17-5-3-13-26-17/h3,5-6,9,13-14,16H,1-2,4,7-8,10-12,22H2/t16-/m0/s1. The van der Waals surface area contributed by atoms with E-state index >= 15 is 0 Å². The summed E-state index contributed by atoms with van der Waals surface area (Å²) in [6.07, 6.45) is 4.99. The van der Waals surface area contributed by atoms with Gasteiger partial charge < -0.3 is 15.4 Å². The number of nitrogens with zero attached hydrogens (tertiary/aromatic N) is 1. The Hall–Kier alpha value is -1.92. The Kier molecular flexibility index (Phi) is 6.63. The van der Waals surface area contributed by atoms with E-state index in [2.05, 4.69) is 17.5 Å². The molecule has 6 heteroatoms. The first kappa shape index (κ1) is 18.9. The number of piperidine rings is 1. The molecule has 1 saturated heterocycles. The minimum Gasteiger partial charge on any atom is -0.491 e. The van der Waals surface area contributed by atoms with E-state index in [0.717, 1.165) is 32.1 Å². The van der Waals surface area contributed by atoms with Crippen molar-refractivity contribution < 1.29 is 13.9 Å². The molecule has 0 radical (unpaired) electrons. The van der Waals surface area contributed by atoms with Gasteiger partial charge >= 0.3 is 0 Å². The molecule has 1 amide bonds. The average Bonchev–Trinajstić information content (AvgIpc) is 3.18. The van der Waals surface area contributed by atoms with E-state index in [4.69, 9.17) is 10.5 Å². The summed E-state index contributed by atoms with van der Waals surface area (Å²) in [5.74, 6) is -0.169. The monoisotopic (exact) mass is 376 g/mol. The number of hydrogen-bond donors (Lipinski definition) is 1. The second-order valence-electron chi connectivity index (χ2n) is 6.54. The second kappa shape index (κ2) is 9.14. The average molecular weight is 376 g/mol. The van der Waals surface area contributed by atoms with Gasteiger partial charge in [0.05, 0.1) is 5.56 Å². The third-order valence-electron chi connectivity index (χ3n) is 4.74. The molecule has 2 N–H and O–H groups in total. The highest BCUT2D eigenvalue weighted by Gasteiger charge is 2.29. The SMILES string of the molecule is NCCOc1ccc(F)cc1C(=O)N1CCCC[C@H]1CCc1cccs1. The van der Waals surface area contributed by atoms with Crippen LogP contribution in [0.4, 0.5) is 4.39 Å². The van der Waals surface area contributed by atoms with Crippen molar-refractivity contribution in [2.45, 2.75) is 38.1 Å². The fraction of sp³-hybridized carbons (Fsp3) is 0.450. The maximum absolute atomic E-state index is 13.8. The van der Waals surface area contributed by atoms with Gasteiger partial charge in [0.25, 0.3) is 5.91 Å². The van der Waals surface area contributed by atoms with Gasteiger partial charge in [0, 0.05) is 24.0 Å². The predicted molar refractivity (Wildman–Crippen MR) is 102 cm³/mol. The van der Waals surface area contributed by atoms with E-state index < -0.39 is 5.82 Å². The number of thiophene rings is 1. The molecule has 0 aliphatic carbocycles. The first-order valence-corrected chi connectivity index (χ1v) is 10.0. The van der Waals surface area contributed by atoms with E-state index in [0.29, 0.717) is 31.0 Å². The van der Waals surface area contributed by atoms with Gasteiger partial charge in [-0.05, 0) is 61.7 Å². The number of ether oxygens (including phenoxy) is 1. The molecule has 1 aliphatic rings. The number of amides is 1. The Morgan fingerprint density at radius 1 is 1.35 bits per heavy atom. The smallest absolute Gasteiger partial charge is 0.257 e. The van der Waals surface area contributed by atoms with Gasteiger partial charge in [0.2, 0.25) is 0 Å². The number of nitrogens with two attached hydrogens (primary N) is 1. The predicted octanol–water partition coefficient (Wildman–Crippen LogP) is 3.85. The zero-order valence-corrected chi connectivity index (χ0v) is 15.6. The number of hydrogen-bond acceptors (Lipinski definition) is 4. The highest BCUT2D eigenvalue weighted by molar-refractivity contribution is 7.09. The van der Waals surface area contributed by atoms with Crippen molar-refractivity contribution in [3.63, 3.8) is 0 Å². The quantitative estimate of drug-likeness (QED) is 0.798. The zero-order chi connectivity index (χ0) is 18.4. The van der Waals surface area contributed by atoms with Crippen LogP contribution >= 0.6 is 11.3 Å². The first-order valence-electron chi connectivity index (χ1n) is 9.15. The number of aryl methyl sites for hydroxylation is 1. The molecule has 2 aromatic rings. The molecule has 1 fully saturated rings. The largest absolute Gasteiger partial charge is 0.491 e. The van der Waals surface area contributed by atoms with Crippen LogP contribution in [0.2, 0.25) is 0 Å². The lowest BCUT2D eigenvalue weighted by Gasteiger charge is -2.36. The Bertz CT molecular complexity index is 721. The van der Waals surface area contributed by atoms with E-state index in [1.807, 2.05) is 4.90 Å². The van der Waals surface area contributed by atoms with Crippen LogP contribution in [0.1, 0.15) is 40.9 Å². The Labute approximate surface area is 157 Å². The van der Waals surface area contributed by atoms with Crippen molar-refractivity contribution in [1.82, 2.24) is 4.90 Å². The van der Waals surface area contributed by atoms with Crippen LogP contribution in [0.15, 0.2) is 35.7 Å². The zero-order valence-electron chi connectivity index (χ0n) is 14.8. The molecule has 1 atom stereocenters. The lowest BCUT2D eigenvalue weighted by molar-refractivity contribution is 0.0597. The van der Waals surface area contributed by atoms with E-state index in [1.54, 1.807) is 11.3 Å². The summed E-state index contributed by atoms with van der Waals surface area (Å²) in [5.41, 5.74) is 5.78. The van der Waals surface area contributed by atoms with Crippen molar-refractivity contribution >= 4 is 17.2 Å². The number of carbonyl (C=O) groups excluding carboxylic acids is 1. The summed E-state index contributed by atoms with van der Waals surface area (Å²) in [4.78, 5) is 16.4. The van der Waals surface area contributed by atoms with Crippen LogP contribution in [0.5, 0.6) is 5.75 Å². The van der Waals surface area contributed by atoms with E-state index in [1.165, 1.54) is 23.1 Å². The lowest BCUT2D eigenvalue weighted by Crippen LogP contribution is -2.44. The summed E-state index contributed by atoms with van der Waals surface area (Å²) >= 11 is 1.75. The maximum Gasteiger partial charge on any atom is 0.257 e. The molecular formula is C20H25FN2O2S. The number of rotatable bonds is 7. The molecule has 2 heterocycles. The van der Waals surface area contributed by atoms with Crippen molar-refractivity contribution in [2.24, 2.45) is 5.73 Å². The number of likely N-dealkylation sites (tertiary alicyclic amines) is 1. The van der Waals surface area contributed by atoms with Crippen molar-refractivity contribution in [3.05, 3.63) is 52.0 Å². The lowest BCUT2D eigenvalue weighted by atomic mass is 9.96. The van der Waals surface area contributed by atoms with E-state index in [-0.39, 0.29) is 11.9 Å². The third kappa shape index (κ3) is 4.62. The fourth-order valence-electron chi connectivity index (χ4n) is 3.45. The number of halogens is 1. The van der Waals surface area contributed by atoms with Gasteiger partial charge in [-0.25, -0.2) is 4.39 Å². The molecule has 26 heavy (non-hydrogen) atoms. The van der Waals surface area contributed by atoms with Gasteiger partial charge in [-0.1, -0.05) is 6.07 Å². The molecular weight excluding hydrogens is 351 g/mol. The highest BCUT2D eigenvalue weighted by Crippen LogP contribution is 2.28. The molecule has 0 saturated carbocycles. The molecule has 0 spiro atoms. The Balaban J connectivity index is 1.76. The van der Waals surface area contributed by atoms with Gasteiger partial charge in [-0.2, -0.15) is 0 Å². The normalized spacial score (nSPS) is 17.3. The van der Waals surface area contributed by atoms with Gasteiger partial charge in [0.1, 0.15) is 18.2 Å². The van der Waals surface area contributed by atoms with Crippen LogP contribution in [-0.2, 0) is 6.42 Å². The van der Waals surface area contributed by atoms with Gasteiger partial charge in [0.15, 0.2) is 0 Å². The minimum absolute atomic E-state index is 0.146. The third-order valence-corrected chi connectivity index (χ3v) is 5.68. The summed E-state index contributed by atoms with van der Waals surface area (Å²) in [5, 5.41) is 2.08. The molecule has 0 unspecified atom stereocenters. The van der Waals surface area contributed by atoms with Gasteiger partial charge in [-0.15, -0.1) is 11.3 Å². The summed E-state index contributed by atoms with van der Waals surface area (Å²) in [6.45, 7) is 1.35. The Morgan fingerprint density at radius 2 is 2.23 bits per heavy atom. The topological polar surface area (TPSA) is 55.6 Å². The Morgan fingerprint density at radius 3 is 3.00 bits per heavy atom. The molecule has 1 aliphatic heterocycles. The highest BCUT2D eigenvalue weighted by atomic mass is 32.1. The van der Waals surface area contributed by atoms with Crippen LogP contribution in [0.25, 0.3) is 0 Å². The molecule has 1 aromatic heterocycles. The summed E-state index contributed by atoms with van der Waals surface area (Å²) in [7, 11) is 0.